The molecule has 2 heterocycles. The lowest BCUT2D eigenvalue weighted by Crippen LogP contribution is -2.29. The number of nitrogens with zero attached hydrogens (tertiary/aromatic N) is 2. The van der Waals surface area contributed by atoms with Gasteiger partial charge in [-0.2, -0.15) is 0 Å². The summed E-state index contributed by atoms with van der Waals surface area (Å²) in [5.41, 5.74) is 6.27. The molecule has 1 N–H and O–H groups in total. The number of rotatable bonds is 4. The Morgan fingerprint density at radius 3 is 2.46 bits per heavy atom. The van der Waals surface area contributed by atoms with E-state index in [1.54, 1.807) is 6.08 Å². The first-order valence-corrected chi connectivity index (χ1v) is 8.78. The highest BCUT2D eigenvalue weighted by atomic mass is 16.2. The van der Waals surface area contributed by atoms with E-state index in [9.17, 15) is 4.79 Å². The smallest absolute Gasteiger partial charge is 0.271 e. The Bertz CT molecular complexity index is 885. The van der Waals surface area contributed by atoms with Crippen molar-refractivity contribution in [2.45, 2.75) is 6.92 Å². The van der Waals surface area contributed by atoms with Crippen LogP contribution in [-0.2, 0) is 7.05 Å². The van der Waals surface area contributed by atoms with Gasteiger partial charge < -0.3 is 14.8 Å². The second-order valence-corrected chi connectivity index (χ2v) is 6.46. The molecule has 1 amide bonds. The predicted molar refractivity (Wildman–Crippen MR) is 108 cm³/mol. The predicted octanol–water partition coefficient (Wildman–Crippen LogP) is 4.25. The second kappa shape index (κ2) is 7.48. The molecule has 2 aromatic rings. The van der Waals surface area contributed by atoms with Gasteiger partial charge in [0.1, 0.15) is 5.69 Å². The standard InChI is InChI=1S/C22H25N3O/c1-5-7-18-15-25(14-16(18)6-2)22(26)21-12-19(13-24(21)4)17-8-10-20(23-3)11-9-17/h5-13,23H,1,14-15H2,2-4H3/b16-6-,18-7-. The number of allylic oxidation sites excluding steroid dienone is 3. The highest BCUT2D eigenvalue weighted by Crippen LogP contribution is 2.27. The molecule has 1 aliphatic rings. The molecule has 0 bridgehead atoms. The van der Waals surface area contributed by atoms with Crippen LogP contribution in [-0.4, -0.2) is 35.5 Å². The number of carbonyl (C=O) groups is 1. The van der Waals surface area contributed by atoms with Gasteiger partial charge in [0.05, 0.1) is 0 Å². The number of hydrogen-bond donors (Lipinski definition) is 1. The SMILES string of the molecule is C=C/C=C1/CN(C(=O)c2cc(-c3ccc(NC)cc3)cn2C)C/C1=C/C. The number of benzene rings is 1. The van der Waals surface area contributed by atoms with Crippen molar-refractivity contribution in [1.29, 1.82) is 0 Å². The summed E-state index contributed by atoms with van der Waals surface area (Å²) < 4.78 is 1.91. The summed E-state index contributed by atoms with van der Waals surface area (Å²) in [6.07, 6.45) is 7.85. The van der Waals surface area contributed by atoms with Gasteiger partial charge in [-0.05, 0) is 41.8 Å². The molecule has 0 saturated carbocycles. The van der Waals surface area contributed by atoms with Crippen molar-refractivity contribution in [3.05, 3.63) is 78.2 Å². The number of likely N-dealkylation sites (tertiary alicyclic amines) is 1. The number of aryl methyl sites for hydroxylation is 1. The van der Waals surface area contributed by atoms with Crippen molar-refractivity contribution in [1.82, 2.24) is 9.47 Å². The van der Waals surface area contributed by atoms with E-state index in [-0.39, 0.29) is 5.91 Å². The van der Waals surface area contributed by atoms with Gasteiger partial charge in [-0.25, -0.2) is 0 Å². The Morgan fingerprint density at radius 2 is 1.85 bits per heavy atom. The average Bonchev–Trinajstić information content (AvgIpc) is 3.25. The second-order valence-electron chi connectivity index (χ2n) is 6.46. The molecule has 1 aliphatic heterocycles. The molecule has 26 heavy (non-hydrogen) atoms. The summed E-state index contributed by atoms with van der Waals surface area (Å²) in [6, 6.07) is 10.2. The van der Waals surface area contributed by atoms with Crippen LogP contribution in [0.15, 0.2) is 72.5 Å². The van der Waals surface area contributed by atoms with Gasteiger partial charge in [-0.3, -0.25) is 4.79 Å². The average molecular weight is 347 g/mol. The summed E-state index contributed by atoms with van der Waals surface area (Å²) in [4.78, 5) is 14.9. The first kappa shape index (κ1) is 17.8. The largest absolute Gasteiger partial charge is 0.388 e. The van der Waals surface area contributed by atoms with E-state index in [1.807, 2.05) is 61.0 Å². The van der Waals surface area contributed by atoms with E-state index < -0.39 is 0 Å². The fourth-order valence-corrected chi connectivity index (χ4v) is 3.32. The molecule has 1 aromatic carbocycles. The molecule has 0 atom stereocenters. The Hall–Kier alpha value is -3.01. The summed E-state index contributed by atoms with van der Waals surface area (Å²) in [5, 5.41) is 3.12. The Morgan fingerprint density at radius 1 is 1.15 bits per heavy atom. The lowest BCUT2D eigenvalue weighted by atomic mass is 10.1. The fraction of sp³-hybridized carbons (Fsp3) is 0.227. The monoisotopic (exact) mass is 347 g/mol. The Kier molecular flexibility index (Phi) is 5.12. The molecule has 1 aromatic heterocycles. The van der Waals surface area contributed by atoms with Crippen molar-refractivity contribution in [3.63, 3.8) is 0 Å². The fourth-order valence-electron chi connectivity index (χ4n) is 3.32. The maximum atomic E-state index is 13.0. The third-order valence-corrected chi connectivity index (χ3v) is 4.82. The van der Waals surface area contributed by atoms with Gasteiger partial charge in [0.15, 0.2) is 0 Å². The summed E-state index contributed by atoms with van der Waals surface area (Å²) in [6.45, 7) is 7.05. The lowest BCUT2D eigenvalue weighted by molar-refractivity contribution is 0.0791. The van der Waals surface area contributed by atoms with Gasteiger partial charge in [0.2, 0.25) is 0 Å². The van der Waals surface area contributed by atoms with E-state index >= 15 is 0 Å². The van der Waals surface area contributed by atoms with Crippen LogP contribution in [0.3, 0.4) is 0 Å². The Labute approximate surface area is 155 Å². The van der Waals surface area contributed by atoms with E-state index in [2.05, 4.69) is 30.1 Å². The van der Waals surface area contributed by atoms with E-state index in [0.29, 0.717) is 18.8 Å². The molecule has 0 spiro atoms. The molecule has 1 fully saturated rings. The Balaban J connectivity index is 1.86. The van der Waals surface area contributed by atoms with Crippen LogP contribution in [0.25, 0.3) is 11.1 Å². The molecule has 4 nitrogen and oxygen atoms in total. The molecule has 4 heteroatoms. The van der Waals surface area contributed by atoms with Crippen molar-refractivity contribution in [3.8, 4) is 11.1 Å². The summed E-state index contributed by atoms with van der Waals surface area (Å²) >= 11 is 0. The first-order valence-electron chi connectivity index (χ1n) is 8.78. The summed E-state index contributed by atoms with van der Waals surface area (Å²) in [5.74, 6) is 0.0532. The number of anilines is 1. The van der Waals surface area contributed by atoms with E-state index in [1.165, 1.54) is 5.57 Å². The topological polar surface area (TPSA) is 37.3 Å². The van der Waals surface area contributed by atoms with Crippen LogP contribution >= 0.6 is 0 Å². The van der Waals surface area contributed by atoms with Gasteiger partial charge in [-0.1, -0.05) is 36.9 Å². The zero-order valence-electron chi connectivity index (χ0n) is 15.6. The molecule has 0 aliphatic carbocycles. The number of aromatic nitrogens is 1. The zero-order valence-corrected chi connectivity index (χ0v) is 15.6. The molecular formula is C22H25N3O. The summed E-state index contributed by atoms with van der Waals surface area (Å²) in [7, 11) is 3.82. The molecule has 0 radical (unpaired) electrons. The first-order chi connectivity index (χ1) is 12.6. The molecule has 1 saturated heterocycles. The molecular weight excluding hydrogens is 322 g/mol. The number of nitrogens with one attached hydrogen (secondary N) is 1. The minimum Gasteiger partial charge on any atom is -0.388 e. The number of hydrogen-bond acceptors (Lipinski definition) is 2. The van der Waals surface area contributed by atoms with Crippen LogP contribution in [0.2, 0.25) is 0 Å². The van der Waals surface area contributed by atoms with Crippen LogP contribution < -0.4 is 5.32 Å². The quantitative estimate of drug-likeness (QED) is 0.898. The van der Waals surface area contributed by atoms with Crippen molar-refractivity contribution in [2.75, 3.05) is 25.5 Å². The maximum Gasteiger partial charge on any atom is 0.271 e. The van der Waals surface area contributed by atoms with Gasteiger partial charge in [-0.15, -0.1) is 0 Å². The third-order valence-electron chi connectivity index (χ3n) is 4.82. The highest BCUT2D eigenvalue weighted by molar-refractivity contribution is 5.95. The lowest BCUT2D eigenvalue weighted by Gasteiger charge is -2.15. The maximum absolute atomic E-state index is 13.0. The third kappa shape index (κ3) is 3.36. The van der Waals surface area contributed by atoms with Crippen molar-refractivity contribution in [2.24, 2.45) is 7.05 Å². The molecule has 0 unspecified atom stereocenters. The van der Waals surface area contributed by atoms with Gasteiger partial charge in [0.25, 0.3) is 5.91 Å². The minimum atomic E-state index is 0.0532. The minimum absolute atomic E-state index is 0.0532. The van der Waals surface area contributed by atoms with Crippen molar-refractivity contribution < 1.29 is 4.79 Å². The van der Waals surface area contributed by atoms with Gasteiger partial charge in [0, 0.05) is 44.6 Å². The molecule has 3 rings (SSSR count). The number of carbonyl (C=O) groups excluding carboxylic acids is 1. The van der Waals surface area contributed by atoms with E-state index in [4.69, 9.17) is 0 Å². The normalized spacial score (nSPS) is 17.1. The van der Waals surface area contributed by atoms with E-state index in [0.717, 1.165) is 22.4 Å². The van der Waals surface area contributed by atoms with Crippen LogP contribution in [0, 0.1) is 0 Å². The number of amides is 1. The van der Waals surface area contributed by atoms with Crippen LogP contribution in [0.4, 0.5) is 5.69 Å². The van der Waals surface area contributed by atoms with Crippen LogP contribution in [0.5, 0.6) is 0 Å². The van der Waals surface area contributed by atoms with Gasteiger partial charge >= 0.3 is 0 Å². The van der Waals surface area contributed by atoms with Crippen LogP contribution in [0.1, 0.15) is 17.4 Å². The van der Waals surface area contributed by atoms with Crippen molar-refractivity contribution >= 4 is 11.6 Å². The molecule has 134 valence electrons. The zero-order chi connectivity index (χ0) is 18.7. The highest BCUT2D eigenvalue weighted by Gasteiger charge is 2.27.